The highest BCUT2D eigenvalue weighted by Gasteiger charge is 2.13. The number of aliphatic hydroxyl groups is 1. The summed E-state index contributed by atoms with van der Waals surface area (Å²) in [7, 11) is 1.70. The van der Waals surface area contributed by atoms with Gasteiger partial charge in [0, 0.05) is 19.7 Å². The zero-order chi connectivity index (χ0) is 11.0. The van der Waals surface area contributed by atoms with E-state index in [-0.39, 0.29) is 6.10 Å². The molecule has 3 heteroatoms. The van der Waals surface area contributed by atoms with Crippen molar-refractivity contribution in [3.05, 3.63) is 0 Å². The average molecular weight is 203 g/mol. The minimum Gasteiger partial charge on any atom is -0.392 e. The van der Waals surface area contributed by atoms with Crippen molar-refractivity contribution < 1.29 is 9.84 Å². The van der Waals surface area contributed by atoms with E-state index < -0.39 is 0 Å². The third-order valence-corrected chi connectivity index (χ3v) is 2.78. The van der Waals surface area contributed by atoms with Crippen LogP contribution >= 0.6 is 0 Å². The van der Waals surface area contributed by atoms with Crippen molar-refractivity contribution in [1.29, 1.82) is 0 Å². The van der Waals surface area contributed by atoms with Crippen molar-refractivity contribution in [2.45, 2.75) is 45.8 Å². The van der Waals surface area contributed by atoms with Gasteiger partial charge in [0.2, 0.25) is 0 Å². The van der Waals surface area contributed by atoms with Crippen molar-refractivity contribution in [3.63, 3.8) is 0 Å². The van der Waals surface area contributed by atoms with Crippen LogP contribution in [0.1, 0.15) is 33.6 Å². The van der Waals surface area contributed by atoms with Gasteiger partial charge in [-0.25, -0.2) is 0 Å². The molecule has 3 nitrogen and oxygen atoms in total. The van der Waals surface area contributed by atoms with Crippen molar-refractivity contribution in [1.82, 2.24) is 5.32 Å². The molecule has 0 aromatic rings. The zero-order valence-corrected chi connectivity index (χ0v) is 9.92. The smallest absolute Gasteiger partial charge is 0.0690 e. The predicted octanol–water partition coefficient (Wildman–Crippen LogP) is 1.41. The lowest BCUT2D eigenvalue weighted by Crippen LogP contribution is -2.40. The molecule has 0 aromatic heterocycles. The molecular weight excluding hydrogens is 178 g/mol. The lowest BCUT2D eigenvalue weighted by atomic mass is 10.0. The normalized spacial score (nSPS) is 17.8. The quantitative estimate of drug-likeness (QED) is 0.626. The third-order valence-electron chi connectivity index (χ3n) is 2.78. The Bertz CT molecular complexity index is 128. The van der Waals surface area contributed by atoms with Crippen LogP contribution in [-0.2, 0) is 4.74 Å². The molecule has 3 unspecified atom stereocenters. The second-order valence-electron chi connectivity index (χ2n) is 3.92. The summed E-state index contributed by atoms with van der Waals surface area (Å²) in [5, 5.41) is 13.0. The molecular formula is C11H25NO2. The van der Waals surface area contributed by atoms with Crippen molar-refractivity contribution in [2.24, 2.45) is 5.92 Å². The molecule has 0 saturated heterocycles. The number of nitrogens with one attached hydrogen (secondary N) is 1. The second kappa shape index (κ2) is 8.21. The summed E-state index contributed by atoms with van der Waals surface area (Å²) < 4.78 is 5.07. The molecule has 0 bridgehead atoms. The Balaban J connectivity index is 3.67. The Morgan fingerprint density at radius 2 is 1.93 bits per heavy atom. The third kappa shape index (κ3) is 5.58. The second-order valence-corrected chi connectivity index (χ2v) is 3.92. The Hall–Kier alpha value is -0.120. The number of aliphatic hydroxyl groups excluding tert-OH is 1. The summed E-state index contributed by atoms with van der Waals surface area (Å²) >= 11 is 0. The maximum Gasteiger partial charge on any atom is 0.0690 e. The molecule has 0 fully saturated rings. The predicted molar refractivity (Wildman–Crippen MR) is 59.4 cm³/mol. The zero-order valence-electron chi connectivity index (χ0n) is 9.92. The van der Waals surface area contributed by atoms with E-state index >= 15 is 0 Å². The molecule has 0 spiro atoms. The van der Waals surface area contributed by atoms with Crippen molar-refractivity contribution in [3.8, 4) is 0 Å². The van der Waals surface area contributed by atoms with Gasteiger partial charge in [0.1, 0.15) is 0 Å². The van der Waals surface area contributed by atoms with Crippen LogP contribution in [0.2, 0.25) is 0 Å². The van der Waals surface area contributed by atoms with E-state index in [9.17, 15) is 5.11 Å². The monoisotopic (exact) mass is 203 g/mol. The topological polar surface area (TPSA) is 41.5 Å². The summed E-state index contributed by atoms with van der Waals surface area (Å²) in [4.78, 5) is 0. The highest BCUT2D eigenvalue weighted by molar-refractivity contribution is 4.70. The first-order valence-electron chi connectivity index (χ1n) is 5.56. The molecule has 0 rings (SSSR count). The van der Waals surface area contributed by atoms with Crippen LogP contribution in [-0.4, -0.2) is 37.5 Å². The number of rotatable bonds is 8. The van der Waals surface area contributed by atoms with Gasteiger partial charge < -0.3 is 15.2 Å². The Kier molecular flexibility index (Phi) is 8.14. The summed E-state index contributed by atoms with van der Waals surface area (Å²) in [6, 6.07) is 0.360. The van der Waals surface area contributed by atoms with Gasteiger partial charge in [-0.15, -0.1) is 0 Å². The van der Waals surface area contributed by atoms with E-state index in [4.69, 9.17) is 4.74 Å². The molecule has 0 aliphatic rings. The van der Waals surface area contributed by atoms with Gasteiger partial charge >= 0.3 is 0 Å². The molecule has 3 atom stereocenters. The fraction of sp³-hybridized carbons (Fsp3) is 1.00. The SMILES string of the molecule is CCC(COC)NCC(O)C(C)CC. The molecule has 0 heterocycles. The van der Waals surface area contributed by atoms with E-state index in [0.29, 0.717) is 25.1 Å². The van der Waals surface area contributed by atoms with Gasteiger partial charge in [-0.1, -0.05) is 27.2 Å². The van der Waals surface area contributed by atoms with E-state index in [1.54, 1.807) is 7.11 Å². The van der Waals surface area contributed by atoms with Crippen LogP contribution in [0.3, 0.4) is 0 Å². The highest BCUT2D eigenvalue weighted by atomic mass is 16.5. The van der Waals surface area contributed by atoms with Crippen LogP contribution in [0, 0.1) is 5.92 Å². The average Bonchev–Trinajstić information content (AvgIpc) is 2.22. The molecule has 0 radical (unpaired) electrons. The summed E-state index contributed by atoms with van der Waals surface area (Å²) in [6.45, 7) is 7.66. The van der Waals surface area contributed by atoms with Gasteiger partial charge in [-0.2, -0.15) is 0 Å². The van der Waals surface area contributed by atoms with Crippen LogP contribution in [0.4, 0.5) is 0 Å². The van der Waals surface area contributed by atoms with Gasteiger partial charge in [-0.3, -0.25) is 0 Å². The molecule has 0 saturated carbocycles. The minimum atomic E-state index is -0.245. The van der Waals surface area contributed by atoms with Crippen LogP contribution in [0.25, 0.3) is 0 Å². The first-order valence-corrected chi connectivity index (χ1v) is 5.56. The molecule has 0 aliphatic heterocycles. The molecule has 0 aromatic carbocycles. The van der Waals surface area contributed by atoms with Crippen molar-refractivity contribution in [2.75, 3.05) is 20.3 Å². The summed E-state index contributed by atoms with van der Waals surface area (Å²) in [5.41, 5.74) is 0. The fourth-order valence-corrected chi connectivity index (χ4v) is 1.28. The van der Waals surface area contributed by atoms with E-state index in [0.717, 1.165) is 12.8 Å². The van der Waals surface area contributed by atoms with Crippen LogP contribution < -0.4 is 5.32 Å². The Labute approximate surface area is 87.8 Å². The van der Waals surface area contributed by atoms with Crippen LogP contribution in [0.15, 0.2) is 0 Å². The van der Waals surface area contributed by atoms with E-state index in [1.807, 2.05) is 0 Å². The summed E-state index contributed by atoms with van der Waals surface area (Å²) in [6.07, 6.45) is 1.80. The standard InChI is InChI=1S/C11H25NO2/c1-5-9(3)11(13)7-12-10(6-2)8-14-4/h9-13H,5-8H2,1-4H3. The number of ether oxygens (including phenoxy) is 1. The minimum absolute atomic E-state index is 0.245. The van der Waals surface area contributed by atoms with Crippen molar-refractivity contribution >= 4 is 0 Å². The summed E-state index contributed by atoms with van der Waals surface area (Å²) in [5.74, 6) is 0.363. The fourth-order valence-electron chi connectivity index (χ4n) is 1.28. The number of hydrogen-bond donors (Lipinski definition) is 2. The molecule has 0 aliphatic carbocycles. The molecule has 2 N–H and O–H groups in total. The maximum atomic E-state index is 9.73. The largest absolute Gasteiger partial charge is 0.392 e. The lowest BCUT2D eigenvalue weighted by molar-refractivity contribution is 0.0991. The van der Waals surface area contributed by atoms with Gasteiger partial charge in [0.25, 0.3) is 0 Å². The maximum absolute atomic E-state index is 9.73. The molecule has 86 valence electrons. The van der Waals surface area contributed by atoms with E-state index in [2.05, 4.69) is 26.1 Å². The highest BCUT2D eigenvalue weighted by Crippen LogP contribution is 2.06. The van der Waals surface area contributed by atoms with Crippen LogP contribution in [0.5, 0.6) is 0 Å². The Morgan fingerprint density at radius 1 is 1.29 bits per heavy atom. The van der Waals surface area contributed by atoms with Gasteiger partial charge in [0.15, 0.2) is 0 Å². The Morgan fingerprint density at radius 3 is 2.36 bits per heavy atom. The number of methoxy groups -OCH3 is 1. The molecule has 0 amide bonds. The van der Waals surface area contributed by atoms with Gasteiger partial charge in [-0.05, 0) is 12.3 Å². The lowest BCUT2D eigenvalue weighted by Gasteiger charge is -2.21. The van der Waals surface area contributed by atoms with Gasteiger partial charge in [0.05, 0.1) is 12.7 Å². The van der Waals surface area contributed by atoms with E-state index in [1.165, 1.54) is 0 Å². The number of hydrogen-bond acceptors (Lipinski definition) is 3. The first-order chi connectivity index (χ1) is 6.65. The first kappa shape index (κ1) is 13.9. The molecule has 14 heavy (non-hydrogen) atoms.